The topological polar surface area (TPSA) is 118 Å². The number of likely N-dealkylation sites (tertiary alicyclic amines) is 1. The van der Waals surface area contributed by atoms with E-state index < -0.39 is 9.84 Å². The Labute approximate surface area is 180 Å². The summed E-state index contributed by atoms with van der Waals surface area (Å²) in [5.41, 5.74) is 1.94. The molecule has 9 nitrogen and oxygen atoms in total. The van der Waals surface area contributed by atoms with Crippen LogP contribution >= 0.6 is 0 Å². The third kappa shape index (κ3) is 4.74. The van der Waals surface area contributed by atoms with Crippen molar-refractivity contribution < 1.29 is 17.7 Å². The monoisotopic (exact) mass is 441 g/mol. The minimum Gasteiger partial charge on any atom is -0.339 e. The fourth-order valence-electron chi connectivity index (χ4n) is 3.49. The number of pyridine rings is 1. The number of aromatic nitrogens is 3. The first-order valence-corrected chi connectivity index (χ1v) is 11.8. The Morgan fingerprint density at radius 3 is 2.65 bits per heavy atom. The van der Waals surface area contributed by atoms with Crippen molar-refractivity contribution in [1.82, 2.24) is 20.0 Å². The Morgan fingerprint density at radius 2 is 1.97 bits per heavy atom. The average Bonchev–Trinajstić information content (AvgIpc) is 3.25. The van der Waals surface area contributed by atoms with E-state index >= 15 is 0 Å². The lowest BCUT2D eigenvalue weighted by Crippen LogP contribution is -2.40. The summed E-state index contributed by atoms with van der Waals surface area (Å²) in [5, 5.41) is 6.85. The van der Waals surface area contributed by atoms with Crippen LogP contribution in [-0.2, 0) is 9.84 Å². The molecule has 0 aliphatic carbocycles. The summed E-state index contributed by atoms with van der Waals surface area (Å²) in [7, 11) is -3.35. The predicted molar refractivity (Wildman–Crippen MR) is 114 cm³/mol. The number of benzene rings is 1. The summed E-state index contributed by atoms with van der Waals surface area (Å²) in [6.45, 7) is 2.88. The lowest BCUT2D eigenvalue weighted by Gasteiger charge is -2.30. The van der Waals surface area contributed by atoms with Crippen LogP contribution in [-0.4, -0.2) is 53.8 Å². The van der Waals surface area contributed by atoms with Gasteiger partial charge in [-0.2, -0.15) is 4.98 Å². The lowest BCUT2D eigenvalue weighted by atomic mass is 9.97. The number of rotatable bonds is 4. The summed E-state index contributed by atoms with van der Waals surface area (Å²) in [6.07, 6.45) is 4.21. The highest BCUT2D eigenvalue weighted by molar-refractivity contribution is 7.90. The molecule has 1 aliphatic rings. The number of nitrogens with one attached hydrogen (secondary N) is 1. The largest absolute Gasteiger partial charge is 0.339 e. The van der Waals surface area contributed by atoms with Crippen molar-refractivity contribution in [3.8, 4) is 11.5 Å². The Bertz CT molecular complexity index is 1190. The zero-order chi connectivity index (χ0) is 22.0. The van der Waals surface area contributed by atoms with E-state index in [-0.39, 0.29) is 16.8 Å². The quantitative estimate of drug-likeness (QED) is 0.660. The molecule has 3 aromatic rings. The first kappa shape index (κ1) is 21.0. The molecule has 0 bridgehead atoms. The molecule has 0 saturated carbocycles. The molecule has 1 saturated heterocycles. The van der Waals surface area contributed by atoms with Crippen LogP contribution in [0, 0.1) is 6.92 Å². The minimum absolute atomic E-state index is 0.0734. The molecule has 10 heteroatoms. The van der Waals surface area contributed by atoms with Crippen molar-refractivity contribution in [2.75, 3.05) is 24.7 Å². The second kappa shape index (κ2) is 8.46. The maximum Gasteiger partial charge on any atom is 0.321 e. The van der Waals surface area contributed by atoms with Gasteiger partial charge in [-0.05, 0) is 49.6 Å². The fraction of sp³-hybridized carbons (Fsp3) is 0.333. The molecule has 162 valence electrons. The van der Waals surface area contributed by atoms with E-state index in [0.717, 1.165) is 11.8 Å². The minimum atomic E-state index is -3.35. The van der Waals surface area contributed by atoms with Crippen molar-refractivity contribution in [3.05, 3.63) is 54.0 Å². The van der Waals surface area contributed by atoms with Gasteiger partial charge in [0.15, 0.2) is 9.84 Å². The van der Waals surface area contributed by atoms with Gasteiger partial charge < -0.3 is 14.7 Å². The highest BCUT2D eigenvalue weighted by Crippen LogP contribution is 2.29. The summed E-state index contributed by atoms with van der Waals surface area (Å²) >= 11 is 0. The molecule has 1 fully saturated rings. The Hall–Kier alpha value is -3.27. The summed E-state index contributed by atoms with van der Waals surface area (Å²) in [4.78, 5) is 23.3. The van der Waals surface area contributed by atoms with Crippen molar-refractivity contribution in [3.63, 3.8) is 0 Å². The SMILES string of the molecule is Cc1ccc(S(C)(=O)=O)cc1NC(=O)N1CCC(c2nc(-c3ccccn3)no2)CC1. The number of anilines is 1. The molecule has 0 atom stereocenters. The van der Waals surface area contributed by atoms with Gasteiger partial charge in [0.25, 0.3) is 0 Å². The zero-order valence-corrected chi connectivity index (χ0v) is 18.1. The van der Waals surface area contributed by atoms with E-state index in [1.807, 2.05) is 25.1 Å². The maximum atomic E-state index is 12.7. The normalized spacial score (nSPS) is 15.1. The highest BCUT2D eigenvalue weighted by atomic mass is 32.2. The molecule has 0 spiro atoms. The molecule has 1 aromatic carbocycles. The van der Waals surface area contributed by atoms with E-state index in [0.29, 0.717) is 49.0 Å². The van der Waals surface area contributed by atoms with Gasteiger partial charge >= 0.3 is 6.03 Å². The standard InChI is InChI=1S/C21H23N5O4S/c1-14-6-7-16(31(2,28)29)13-18(14)23-21(27)26-11-8-15(9-12-26)20-24-19(25-30-20)17-5-3-4-10-22-17/h3-7,10,13,15H,8-9,11-12H2,1-2H3,(H,23,27). The molecule has 2 amide bonds. The van der Waals surface area contributed by atoms with Crippen LogP contribution in [0.4, 0.5) is 10.5 Å². The lowest BCUT2D eigenvalue weighted by molar-refractivity contribution is 0.187. The second-order valence-corrected chi connectivity index (χ2v) is 9.63. The van der Waals surface area contributed by atoms with Crippen molar-refractivity contribution in [2.45, 2.75) is 30.6 Å². The molecule has 1 N–H and O–H groups in total. The molecular weight excluding hydrogens is 418 g/mol. The number of piperidine rings is 1. The number of sulfone groups is 1. The number of carbonyl (C=O) groups excluding carboxylic acids is 1. The number of urea groups is 1. The van der Waals surface area contributed by atoms with Gasteiger partial charge in [-0.1, -0.05) is 17.3 Å². The van der Waals surface area contributed by atoms with Crippen LogP contribution in [0.1, 0.15) is 30.2 Å². The molecule has 4 rings (SSSR count). The van der Waals surface area contributed by atoms with Gasteiger partial charge in [0.2, 0.25) is 11.7 Å². The smallest absolute Gasteiger partial charge is 0.321 e. The maximum absolute atomic E-state index is 12.7. The van der Waals surface area contributed by atoms with Gasteiger partial charge in [-0.15, -0.1) is 0 Å². The van der Waals surface area contributed by atoms with Crippen LogP contribution in [0.25, 0.3) is 11.5 Å². The van der Waals surface area contributed by atoms with Gasteiger partial charge in [-0.3, -0.25) is 4.98 Å². The Balaban J connectivity index is 1.38. The van der Waals surface area contributed by atoms with E-state index in [1.165, 1.54) is 12.1 Å². The van der Waals surface area contributed by atoms with Gasteiger partial charge in [0.1, 0.15) is 5.69 Å². The molecule has 1 aliphatic heterocycles. The Kier molecular flexibility index (Phi) is 5.73. The first-order chi connectivity index (χ1) is 14.8. The molecule has 2 aromatic heterocycles. The van der Waals surface area contributed by atoms with E-state index in [4.69, 9.17) is 4.52 Å². The van der Waals surface area contributed by atoms with E-state index in [2.05, 4.69) is 20.4 Å². The van der Waals surface area contributed by atoms with Gasteiger partial charge in [0, 0.05) is 37.1 Å². The van der Waals surface area contributed by atoms with Crippen LogP contribution in [0.2, 0.25) is 0 Å². The van der Waals surface area contributed by atoms with Crippen LogP contribution in [0.15, 0.2) is 52.0 Å². The fourth-order valence-corrected chi connectivity index (χ4v) is 4.14. The second-order valence-electron chi connectivity index (χ2n) is 7.61. The van der Waals surface area contributed by atoms with E-state index in [1.54, 1.807) is 17.2 Å². The third-order valence-electron chi connectivity index (χ3n) is 5.35. The summed E-state index contributed by atoms with van der Waals surface area (Å²) in [5.74, 6) is 1.08. The van der Waals surface area contributed by atoms with Crippen LogP contribution in [0.3, 0.4) is 0 Å². The number of carbonyl (C=O) groups is 1. The number of aryl methyl sites for hydroxylation is 1. The number of hydrogen-bond donors (Lipinski definition) is 1. The van der Waals surface area contributed by atoms with Crippen LogP contribution < -0.4 is 5.32 Å². The van der Waals surface area contributed by atoms with Crippen molar-refractivity contribution >= 4 is 21.6 Å². The zero-order valence-electron chi connectivity index (χ0n) is 17.3. The number of hydrogen-bond acceptors (Lipinski definition) is 7. The molecule has 0 unspecified atom stereocenters. The Morgan fingerprint density at radius 1 is 1.19 bits per heavy atom. The van der Waals surface area contributed by atoms with Crippen LogP contribution in [0.5, 0.6) is 0 Å². The van der Waals surface area contributed by atoms with Gasteiger partial charge in [0.05, 0.1) is 4.90 Å². The van der Waals surface area contributed by atoms with Crippen molar-refractivity contribution in [2.24, 2.45) is 0 Å². The predicted octanol–water partition coefficient (Wildman–Crippen LogP) is 3.26. The molecule has 0 radical (unpaired) electrons. The van der Waals surface area contributed by atoms with E-state index in [9.17, 15) is 13.2 Å². The van der Waals surface area contributed by atoms with Crippen molar-refractivity contribution in [1.29, 1.82) is 0 Å². The molecular formula is C21H23N5O4S. The number of nitrogens with zero attached hydrogens (tertiary/aromatic N) is 4. The molecule has 31 heavy (non-hydrogen) atoms. The summed E-state index contributed by atoms with van der Waals surface area (Å²) in [6, 6.07) is 9.97. The first-order valence-electron chi connectivity index (χ1n) is 9.93. The molecule has 3 heterocycles. The third-order valence-corrected chi connectivity index (χ3v) is 6.46. The highest BCUT2D eigenvalue weighted by Gasteiger charge is 2.28. The summed E-state index contributed by atoms with van der Waals surface area (Å²) < 4.78 is 29.0. The number of amides is 2. The average molecular weight is 442 g/mol. The van der Waals surface area contributed by atoms with Gasteiger partial charge in [-0.25, -0.2) is 13.2 Å².